The predicted octanol–water partition coefficient (Wildman–Crippen LogP) is 3.74. The van der Waals surface area contributed by atoms with Gasteiger partial charge < -0.3 is 4.74 Å². The Morgan fingerprint density at radius 1 is 1.29 bits per heavy atom. The highest BCUT2D eigenvalue weighted by Gasteiger charge is 2.05. The maximum absolute atomic E-state index is 11.3. The minimum absolute atomic E-state index is 0.0193. The van der Waals surface area contributed by atoms with E-state index in [1.807, 2.05) is 13.8 Å². The van der Waals surface area contributed by atoms with Gasteiger partial charge in [-0.05, 0) is 51.0 Å². The van der Waals surface area contributed by atoms with E-state index in [1.54, 1.807) is 11.8 Å². The zero-order valence-electron chi connectivity index (χ0n) is 10.9. The number of aryl methyl sites for hydroxylation is 2. The lowest BCUT2D eigenvalue weighted by molar-refractivity contribution is -0.146. The summed E-state index contributed by atoms with van der Waals surface area (Å²) in [7, 11) is 0. The molecule has 3 heteroatoms. The fourth-order valence-electron chi connectivity index (χ4n) is 1.38. The first kappa shape index (κ1) is 14.1. The van der Waals surface area contributed by atoms with Crippen LogP contribution in [0.1, 0.15) is 31.4 Å². The number of hydrogen-bond acceptors (Lipinski definition) is 3. The molecule has 0 atom stereocenters. The Bertz CT molecular complexity index is 386. The summed E-state index contributed by atoms with van der Waals surface area (Å²) in [6, 6.07) is 6.37. The molecule has 1 aromatic rings. The van der Waals surface area contributed by atoms with Crippen LogP contribution in [-0.2, 0) is 9.53 Å². The molecule has 0 radical (unpaired) electrons. The molecule has 1 aromatic carbocycles. The lowest BCUT2D eigenvalue weighted by Crippen LogP contribution is -2.11. The molecule has 0 N–H and O–H groups in total. The maximum Gasteiger partial charge on any atom is 0.306 e. The van der Waals surface area contributed by atoms with Gasteiger partial charge in [-0.3, -0.25) is 4.79 Å². The van der Waals surface area contributed by atoms with Crippen molar-refractivity contribution in [3.63, 3.8) is 0 Å². The van der Waals surface area contributed by atoms with Gasteiger partial charge in [-0.1, -0.05) is 6.07 Å². The molecule has 2 nitrogen and oxygen atoms in total. The number of carbonyl (C=O) groups excluding carboxylic acids is 1. The molecule has 17 heavy (non-hydrogen) atoms. The lowest BCUT2D eigenvalue weighted by Gasteiger charge is -2.08. The van der Waals surface area contributed by atoms with Gasteiger partial charge in [0.15, 0.2) is 0 Å². The molecule has 0 aliphatic carbocycles. The zero-order chi connectivity index (χ0) is 12.8. The second-order valence-electron chi connectivity index (χ2n) is 4.38. The van der Waals surface area contributed by atoms with Gasteiger partial charge in [0.25, 0.3) is 0 Å². The number of thioether (sulfide) groups is 1. The Hall–Kier alpha value is -0.960. The first-order valence-electron chi connectivity index (χ1n) is 5.88. The monoisotopic (exact) mass is 252 g/mol. The lowest BCUT2D eigenvalue weighted by atomic mass is 10.1. The number of hydrogen-bond donors (Lipinski definition) is 0. The first-order chi connectivity index (χ1) is 7.99. The van der Waals surface area contributed by atoms with Gasteiger partial charge in [0, 0.05) is 10.6 Å². The zero-order valence-corrected chi connectivity index (χ0v) is 11.8. The van der Waals surface area contributed by atoms with Crippen LogP contribution >= 0.6 is 11.8 Å². The molecule has 94 valence electrons. The molecular weight excluding hydrogens is 232 g/mol. The quantitative estimate of drug-likeness (QED) is 0.590. The van der Waals surface area contributed by atoms with Crippen LogP contribution in [-0.4, -0.2) is 17.8 Å². The first-order valence-corrected chi connectivity index (χ1v) is 6.87. The summed E-state index contributed by atoms with van der Waals surface area (Å²) in [6.45, 7) is 7.94. The van der Waals surface area contributed by atoms with Gasteiger partial charge in [0.05, 0.1) is 12.5 Å². The molecule has 0 bridgehead atoms. The number of carbonyl (C=O) groups is 1. The molecule has 0 aliphatic heterocycles. The van der Waals surface area contributed by atoms with Crippen LogP contribution in [0.2, 0.25) is 0 Å². The third-order valence-electron chi connectivity index (χ3n) is 2.42. The van der Waals surface area contributed by atoms with Crippen LogP contribution in [0.15, 0.2) is 23.1 Å². The Morgan fingerprint density at radius 3 is 2.59 bits per heavy atom. The van der Waals surface area contributed by atoms with Crippen molar-refractivity contribution in [1.29, 1.82) is 0 Å². The molecule has 0 spiro atoms. The van der Waals surface area contributed by atoms with Crippen LogP contribution in [0.25, 0.3) is 0 Å². The summed E-state index contributed by atoms with van der Waals surface area (Å²) in [5, 5.41) is 0. The molecule has 0 saturated heterocycles. The fourth-order valence-corrected chi connectivity index (χ4v) is 2.31. The molecule has 0 aliphatic rings. The topological polar surface area (TPSA) is 26.3 Å². The minimum atomic E-state index is -0.115. The van der Waals surface area contributed by atoms with Crippen molar-refractivity contribution in [2.24, 2.45) is 0 Å². The van der Waals surface area contributed by atoms with E-state index >= 15 is 0 Å². The van der Waals surface area contributed by atoms with Crippen molar-refractivity contribution in [2.75, 3.05) is 5.75 Å². The number of ether oxygens (including phenoxy) is 1. The normalized spacial score (nSPS) is 10.6. The van der Waals surface area contributed by atoms with Crippen LogP contribution in [0.3, 0.4) is 0 Å². The van der Waals surface area contributed by atoms with E-state index in [0.29, 0.717) is 6.42 Å². The fraction of sp³-hybridized carbons (Fsp3) is 0.500. The third kappa shape index (κ3) is 5.26. The highest BCUT2D eigenvalue weighted by Crippen LogP contribution is 2.21. The second-order valence-corrected chi connectivity index (χ2v) is 5.55. The van der Waals surface area contributed by atoms with Gasteiger partial charge in [-0.15, -0.1) is 11.8 Å². The molecule has 1 rings (SSSR count). The number of esters is 1. The van der Waals surface area contributed by atoms with Gasteiger partial charge in [-0.25, -0.2) is 0 Å². The summed E-state index contributed by atoms with van der Waals surface area (Å²) >= 11 is 1.70. The van der Waals surface area contributed by atoms with Crippen LogP contribution in [0.4, 0.5) is 0 Å². The highest BCUT2D eigenvalue weighted by atomic mass is 32.2. The third-order valence-corrected chi connectivity index (χ3v) is 3.42. The molecule has 0 heterocycles. The van der Waals surface area contributed by atoms with E-state index in [2.05, 4.69) is 32.0 Å². The summed E-state index contributed by atoms with van der Waals surface area (Å²) in [5.41, 5.74) is 2.59. The minimum Gasteiger partial charge on any atom is -0.463 e. The summed E-state index contributed by atoms with van der Waals surface area (Å²) < 4.78 is 5.08. The van der Waals surface area contributed by atoms with Crippen LogP contribution < -0.4 is 0 Å². The highest BCUT2D eigenvalue weighted by molar-refractivity contribution is 7.99. The Kier molecular flexibility index (Phi) is 5.56. The molecule has 0 fully saturated rings. The van der Waals surface area contributed by atoms with Crippen molar-refractivity contribution in [3.8, 4) is 0 Å². The van der Waals surface area contributed by atoms with Gasteiger partial charge >= 0.3 is 5.97 Å². The number of rotatable bonds is 5. The van der Waals surface area contributed by atoms with Crippen molar-refractivity contribution in [2.45, 2.75) is 45.1 Å². The molecular formula is C14H20O2S. The van der Waals surface area contributed by atoms with E-state index < -0.39 is 0 Å². The smallest absolute Gasteiger partial charge is 0.306 e. The standard InChI is InChI=1S/C14H20O2S/c1-10(2)16-14(15)7-8-17-13-6-5-11(3)12(4)9-13/h5-6,9-10H,7-8H2,1-4H3. The Balaban J connectivity index is 2.36. The molecule has 0 unspecified atom stereocenters. The number of benzene rings is 1. The summed E-state index contributed by atoms with van der Waals surface area (Å²) in [6.07, 6.45) is 0.449. The molecule has 0 aromatic heterocycles. The SMILES string of the molecule is Cc1ccc(SCCC(=O)OC(C)C)cc1C. The van der Waals surface area contributed by atoms with E-state index in [9.17, 15) is 4.79 Å². The van der Waals surface area contributed by atoms with Crippen molar-refractivity contribution in [1.82, 2.24) is 0 Å². The van der Waals surface area contributed by atoms with E-state index in [1.165, 1.54) is 16.0 Å². The van der Waals surface area contributed by atoms with Crippen molar-refractivity contribution < 1.29 is 9.53 Å². The molecule has 0 saturated carbocycles. The van der Waals surface area contributed by atoms with E-state index in [0.717, 1.165) is 5.75 Å². The average molecular weight is 252 g/mol. The average Bonchev–Trinajstić information content (AvgIpc) is 2.22. The summed E-state index contributed by atoms with van der Waals surface area (Å²) in [4.78, 5) is 12.5. The maximum atomic E-state index is 11.3. The Morgan fingerprint density at radius 2 is 2.00 bits per heavy atom. The van der Waals surface area contributed by atoms with Crippen LogP contribution in [0, 0.1) is 13.8 Å². The predicted molar refractivity (Wildman–Crippen MR) is 72.5 cm³/mol. The van der Waals surface area contributed by atoms with Crippen molar-refractivity contribution in [3.05, 3.63) is 29.3 Å². The largest absolute Gasteiger partial charge is 0.463 e. The van der Waals surface area contributed by atoms with Gasteiger partial charge in [0.1, 0.15) is 0 Å². The van der Waals surface area contributed by atoms with Gasteiger partial charge in [0.2, 0.25) is 0 Å². The van der Waals surface area contributed by atoms with Gasteiger partial charge in [-0.2, -0.15) is 0 Å². The van der Waals surface area contributed by atoms with Crippen LogP contribution in [0.5, 0.6) is 0 Å². The Labute approximate surface area is 108 Å². The van der Waals surface area contributed by atoms with Crippen molar-refractivity contribution >= 4 is 17.7 Å². The van der Waals surface area contributed by atoms with E-state index in [-0.39, 0.29) is 12.1 Å². The van der Waals surface area contributed by atoms with E-state index in [4.69, 9.17) is 4.74 Å². The summed E-state index contributed by atoms with van der Waals surface area (Å²) in [5.74, 6) is 0.657. The second kappa shape index (κ2) is 6.70. The molecule has 0 amide bonds.